The van der Waals surface area contributed by atoms with Crippen LogP contribution in [0.2, 0.25) is 0 Å². The van der Waals surface area contributed by atoms with Crippen molar-refractivity contribution in [2.24, 2.45) is 0 Å². The van der Waals surface area contributed by atoms with Gasteiger partial charge >= 0.3 is 6.16 Å². The van der Waals surface area contributed by atoms with Gasteiger partial charge in [-0.2, -0.15) is 0 Å². The number of carbonyl (C=O) groups is 1. The Labute approximate surface area is 213 Å². The van der Waals surface area contributed by atoms with E-state index < -0.39 is 36.8 Å². The average Bonchev–Trinajstić information content (AvgIpc) is 3.25. The number of phenols is 1. The van der Waals surface area contributed by atoms with Gasteiger partial charge in [-0.25, -0.2) is 4.79 Å². The highest BCUT2D eigenvalue weighted by atomic mass is 16.7. The summed E-state index contributed by atoms with van der Waals surface area (Å²) >= 11 is 0. The van der Waals surface area contributed by atoms with Gasteiger partial charge in [0.2, 0.25) is 0 Å². The minimum absolute atomic E-state index is 0.134. The molecule has 0 unspecified atom stereocenters. The minimum Gasteiger partial charge on any atom is -0.508 e. The maximum Gasteiger partial charge on any atom is 0.508 e. The second-order valence-corrected chi connectivity index (χ2v) is 9.15. The molecule has 0 aliphatic carbocycles. The van der Waals surface area contributed by atoms with Gasteiger partial charge in [0.25, 0.3) is 0 Å². The van der Waals surface area contributed by atoms with Crippen molar-refractivity contribution in [1.29, 1.82) is 0 Å². The second-order valence-electron chi connectivity index (χ2n) is 9.15. The van der Waals surface area contributed by atoms with Gasteiger partial charge in [-0.3, -0.25) is 0 Å². The molecule has 2 heterocycles. The van der Waals surface area contributed by atoms with E-state index in [0.717, 1.165) is 32.8 Å². The number of nitrogens with zero attached hydrogens (tertiary/aromatic N) is 1. The van der Waals surface area contributed by atoms with Crippen molar-refractivity contribution in [2.75, 3.05) is 13.2 Å². The largest absolute Gasteiger partial charge is 0.508 e. The summed E-state index contributed by atoms with van der Waals surface area (Å²) in [6.45, 7) is 1.43. The van der Waals surface area contributed by atoms with Crippen molar-refractivity contribution in [3.8, 4) is 5.75 Å². The summed E-state index contributed by atoms with van der Waals surface area (Å²) in [6.07, 6.45) is -4.96. The zero-order valence-electron chi connectivity index (χ0n) is 20.2. The fourth-order valence-electron chi connectivity index (χ4n) is 4.85. The van der Waals surface area contributed by atoms with Crippen LogP contribution in [0.25, 0.3) is 21.7 Å². The van der Waals surface area contributed by atoms with Gasteiger partial charge in [0, 0.05) is 11.6 Å². The van der Waals surface area contributed by atoms with E-state index in [-0.39, 0.29) is 19.0 Å². The SMILES string of the molecule is CCOC(=O)OC[C@H]1O[C@@H](n2cc(Cc3ccc4cc(O)ccc4c3)c3ccccc32)[C@H](O)[C@@H](O)[C@@H]1O. The van der Waals surface area contributed by atoms with E-state index in [0.29, 0.717) is 6.42 Å². The Balaban J connectivity index is 1.45. The van der Waals surface area contributed by atoms with Crippen LogP contribution in [-0.4, -0.2) is 68.8 Å². The first-order valence-electron chi connectivity index (χ1n) is 12.1. The minimum atomic E-state index is -1.52. The van der Waals surface area contributed by atoms with Gasteiger partial charge in [0.05, 0.1) is 12.1 Å². The summed E-state index contributed by atoms with van der Waals surface area (Å²) < 4.78 is 17.5. The summed E-state index contributed by atoms with van der Waals surface area (Å²) in [6, 6.07) is 18.9. The molecule has 1 fully saturated rings. The fraction of sp³-hybridized carbons (Fsp3) is 0.321. The number of hydrogen-bond donors (Lipinski definition) is 4. The van der Waals surface area contributed by atoms with Crippen LogP contribution in [0.15, 0.2) is 66.9 Å². The lowest BCUT2D eigenvalue weighted by Crippen LogP contribution is -2.56. The molecule has 0 bridgehead atoms. The first kappa shape index (κ1) is 25.0. The quantitative estimate of drug-likeness (QED) is 0.293. The average molecular weight is 508 g/mol. The Hall–Kier alpha value is -3.63. The number of aliphatic hydroxyl groups excluding tert-OH is 3. The molecule has 0 saturated carbocycles. The third kappa shape index (κ3) is 4.99. The molecule has 3 aromatic carbocycles. The number of ether oxygens (including phenoxy) is 3. The molecule has 5 rings (SSSR count). The first-order valence-corrected chi connectivity index (χ1v) is 12.1. The molecule has 4 N–H and O–H groups in total. The van der Waals surface area contributed by atoms with Crippen LogP contribution in [0.3, 0.4) is 0 Å². The van der Waals surface area contributed by atoms with Gasteiger partial charge < -0.3 is 39.2 Å². The zero-order chi connectivity index (χ0) is 26.1. The number of fused-ring (bicyclic) bond motifs is 2. The summed E-state index contributed by atoms with van der Waals surface area (Å²) in [7, 11) is 0. The molecule has 9 nitrogen and oxygen atoms in total. The topological polar surface area (TPSA) is 131 Å². The number of aromatic nitrogens is 1. The number of benzene rings is 3. The van der Waals surface area contributed by atoms with E-state index in [2.05, 4.69) is 6.07 Å². The monoisotopic (exact) mass is 507 g/mol. The molecular weight excluding hydrogens is 478 g/mol. The number of aliphatic hydroxyl groups is 3. The van der Waals surface area contributed by atoms with Crippen molar-refractivity contribution in [3.05, 3.63) is 78.0 Å². The van der Waals surface area contributed by atoms with Crippen molar-refractivity contribution in [1.82, 2.24) is 4.57 Å². The van der Waals surface area contributed by atoms with E-state index in [1.165, 1.54) is 0 Å². The maximum atomic E-state index is 11.6. The molecule has 0 spiro atoms. The lowest BCUT2D eigenvalue weighted by Gasteiger charge is -2.41. The number of hydrogen-bond acceptors (Lipinski definition) is 8. The van der Waals surface area contributed by atoms with Crippen LogP contribution in [0.4, 0.5) is 4.79 Å². The van der Waals surface area contributed by atoms with Crippen LogP contribution in [-0.2, 0) is 20.6 Å². The fourth-order valence-corrected chi connectivity index (χ4v) is 4.85. The Bertz CT molecular complexity index is 1420. The predicted molar refractivity (Wildman–Crippen MR) is 135 cm³/mol. The molecule has 1 saturated heterocycles. The summed E-state index contributed by atoms with van der Waals surface area (Å²) in [5.41, 5.74) is 2.81. The number of carbonyl (C=O) groups excluding carboxylic acids is 1. The third-order valence-electron chi connectivity index (χ3n) is 6.69. The Morgan fingerprint density at radius 2 is 1.70 bits per heavy atom. The van der Waals surface area contributed by atoms with Crippen LogP contribution in [0.1, 0.15) is 24.3 Å². The Kier molecular flexibility index (Phi) is 7.03. The molecule has 5 atom stereocenters. The molecule has 0 amide bonds. The molecule has 1 aliphatic heterocycles. The smallest absolute Gasteiger partial charge is 0.508 e. The van der Waals surface area contributed by atoms with Crippen molar-refractivity contribution in [3.63, 3.8) is 0 Å². The molecule has 1 aromatic heterocycles. The molecule has 1 aliphatic rings. The number of rotatable bonds is 6. The zero-order valence-corrected chi connectivity index (χ0v) is 20.2. The maximum absolute atomic E-state index is 11.6. The van der Waals surface area contributed by atoms with Gasteiger partial charge in [-0.15, -0.1) is 0 Å². The van der Waals surface area contributed by atoms with Crippen LogP contribution in [0, 0.1) is 0 Å². The second kappa shape index (κ2) is 10.4. The Morgan fingerprint density at radius 3 is 2.51 bits per heavy atom. The standard InChI is InChI=1S/C28H29NO8/c1-2-35-28(34)36-15-23-24(31)25(32)26(33)27(37-23)29-14-19(21-5-3-4-6-22(21)29)12-16-7-8-18-13-20(30)10-9-17(18)11-16/h3-11,13-14,23-27,30-33H,2,12,15H2,1H3/t23-,24-,25+,26-,27-/m1/s1. The molecular formula is C28H29NO8. The van der Waals surface area contributed by atoms with E-state index in [4.69, 9.17) is 14.2 Å². The number of phenolic OH excluding ortho intramolecular Hbond substituents is 1. The molecule has 37 heavy (non-hydrogen) atoms. The molecule has 0 radical (unpaired) electrons. The van der Waals surface area contributed by atoms with Gasteiger partial charge in [0.15, 0.2) is 6.23 Å². The highest BCUT2D eigenvalue weighted by Crippen LogP contribution is 2.34. The summed E-state index contributed by atoms with van der Waals surface area (Å²) in [5, 5.41) is 44.5. The lowest BCUT2D eigenvalue weighted by molar-refractivity contribution is -0.250. The normalized spacial score (nSPS) is 23.8. The van der Waals surface area contributed by atoms with Crippen LogP contribution in [0.5, 0.6) is 5.75 Å². The van der Waals surface area contributed by atoms with Gasteiger partial charge in [0.1, 0.15) is 36.8 Å². The van der Waals surface area contributed by atoms with Crippen molar-refractivity contribution >= 4 is 27.8 Å². The Morgan fingerprint density at radius 1 is 0.946 bits per heavy atom. The van der Waals surface area contributed by atoms with Crippen LogP contribution < -0.4 is 0 Å². The number of aromatic hydroxyl groups is 1. The van der Waals surface area contributed by atoms with E-state index in [1.807, 2.05) is 48.7 Å². The van der Waals surface area contributed by atoms with Gasteiger partial charge in [-0.05, 0) is 53.4 Å². The highest BCUT2D eigenvalue weighted by Gasteiger charge is 2.45. The van der Waals surface area contributed by atoms with E-state index in [9.17, 15) is 25.2 Å². The molecule has 4 aromatic rings. The van der Waals surface area contributed by atoms with E-state index in [1.54, 1.807) is 23.6 Å². The third-order valence-corrected chi connectivity index (χ3v) is 6.69. The lowest BCUT2D eigenvalue weighted by atomic mass is 9.98. The van der Waals surface area contributed by atoms with Crippen molar-refractivity contribution < 1.29 is 39.4 Å². The summed E-state index contributed by atoms with van der Waals surface area (Å²) in [5.74, 6) is 0.215. The molecule has 9 heteroatoms. The van der Waals surface area contributed by atoms with Crippen LogP contribution >= 0.6 is 0 Å². The van der Waals surface area contributed by atoms with Crippen molar-refractivity contribution in [2.45, 2.75) is 44.0 Å². The number of para-hydroxylation sites is 1. The first-order chi connectivity index (χ1) is 17.9. The predicted octanol–water partition coefficient (Wildman–Crippen LogP) is 3.24. The van der Waals surface area contributed by atoms with E-state index >= 15 is 0 Å². The molecule has 194 valence electrons. The highest BCUT2D eigenvalue weighted by molar-refractivity contribution is 5.86. The summed E-state index contributed by atoms with van der Waals surface area (Å²) in [4.78, 5) is 11.6. The van der Waals surface area contributed by atoms with Gasteiger partial charge in [-0.1, -0.05) is 42.5 Å².